The Morgan fingerprint density at radius 2 is 1.81 bits per heavy atom. The van der Waals surface area contributed by atoms with E-state index >= 15 is 0 Å². The number of aromatic nitrogens is 2. The Kier molecular flexibility index (Phi) is 3.57. The van der Waals surface area contributed by atoms with Crippen LogP contribution in [-0.2, 0) is 0 Å². The number of carboxylic acids is 1. The van der Waals surface area contributed by atoms with E-state index < -0.39 is 28.9 Å². The van der Waals surface area contributed by atoms with Crippen molar-refractivity contribution in [3.05, 3.63) is 56.4 Å². The van der Waals surface area contributed by atoms with E-state index in [9.17, 15) is 24.3 Å². The smallest absolute Gasteiger partial charge is 0.339 e. The van der Waals surface area contributed by atoms with Gasteiger partial charge in [-0.25, -0.2) is 9.59 Å². The van der Waals surface area contributed by atoms with Crippen LogP contribution in [-0.4, -0.2) is 32.1 Å². The fraction of sp³-hybridized carbons (Fsp3) is 0. The number of aromatic amines is 2. The summed E-state index contributed by atoms with van der Waals surface area (Å²) in [6.45, 7) is 0. The standard InChI is InChI=1S/C12H9N3O6/c16-8-3-5(1-2-6(8)11(19)20)13-10(18)7-4-9(17)15-12(21)14-7/h1-4,16H,(H,13,18)(H,19,20)(H2,14,15,17,21). The van der Waals surface area contributed by atoms with E-state index in [1.54, 1.807) is 0 Å². The molecule has 2 aromatic rings. The fourth-order valence-electron chi connectivity index (χ4n) is 1.58. The Bertz CT molecular complexity index is 807. The molecule has 0 spiro atoms. The van der Waals surface area contributed by atoms with Gasteiger partial charge < -0.3 is 20.5 Å². The number of benzene rings is 1. The van der Waals surface area contributed by atoms with Gasteiger partial charge in [-0.2, -0.15) is 0 Å². The van der Waals surface area contributed by atoms with Crippen molar-refractivity contribution in [1.29, 1.82) is 0 Å². The summed E-state index contributed by atoms with van der Waals surface area (Å²) in [5.41, 5.74) is -2.07. The quantitative estimate of drug-likeness (QED) is 0.524. The van der Waals surface area contributed by atoms with Gasteiger partial charge in [0.05, 0.1) is 0 Å². The predicted molar refractivity (Wildman–Crippen MR) is 70.7 cm³/mol. The van der Waals surface area contributed by atoms with E-state index in [-0.39, 0.29) is 16.9 Å². The second-order valence-electron chi connectivity index (χ2n) is 3.99. The molecule has 9 heteroatoms. The number of hydrogen-bond acceptors (Lipinski definition) is 5. The molecule has 21 heavy (non-hydrogen) atoms. The van der Waals surface area contributed by atoms with Crippen molar-refractivity contribution in [3.8, 4) is 5.75 Å². The molecule has 0 saturated carbocycles. The monoisotopic (exact) mass is 291 g/mol. The molecule has 0 radical (unpaired) electrons. The molecule has 2 rings (SSSR count). The third-order valence-electron chi connectivity index (χ3n) is 2.49. The van der Waals surface area contributed by atoms with E-state index in [1.807, 2.05) is 4.98 Å². The molecule has 1 heterocycles. The van der Waals surface area contributed by atoms with Crippen molar-refractivity contribution in [2.75, 3.05) is 5.32 Å². The number of anilines is 1. The lowest BCUT2D eigenvalue weighted by Crippen LogP contribution is -2.27. The summed E-state index contributed by atoms with van der Waals surface area (Å²) in [5, 5.41) is 20.5. The van der Waals surface area contributed by atoms with Gasteiger partial charge in [-0.15, -0.1) is 0 Å². The van der Waals surface area contributed by atoms with Crippen molar-refractivity contribution in [3.63, 3.8) is 0 Å². The lowest BCUT2D eigenvalue weighted by Gasteiger charge is -2.06. The molecule has 0 aliphatic carbocycles. The van der Waals surface area contributed by atoms with Crippen LogP contribution < -0.4 is 16.6 Å². The highest BCUT2D eigenvalue weighted by molar-refractivity contribution is 6.03. The molecule has 1 amide bonds. The topological polar surface area (TPSA) is 152 Å². The molecule has 0 atom stereocenters. The summed E-state index contributed by atoms with van der Waals surface area (Å²) in [5.74, 6) is -2.63. The largest absolute Gasteiger partial charge is 0.507 e. The number of aromatic carboxylic acids is 1. The van der Waals surface area contributed by atoms with Gasteiger partial charge in [0, 0.05) is 17.8 Å². The Balaban J connectivity index is 2.27. The molecule has 1 aromatic carbocycles. The molecule has 0 saturated heterocycles. The molecule has 0 aliphatic rings. The number of phenols is 1. The van der Waals surface area contributed by atoms with Gasteiger partial charge in [0.25, 0.3) is 11.5 Å². The van der Waals surface area contributed by atoms with Crippen LogP contribution in [0.1, 0.15) is 20.8 Å². The van der Waals surface area contributed by atoms with Crippen LogP contribution in [0.25, 0.3) is 0 Å². The molecular weight excluding hydrogens is 282 g/mol. The third kappa shape index (κ3) is 3.15. The number of H-pyrrole nitrogens is 2. The highest BCUT2D eigenvalue weighted by Crippen LogP contribution is 2.22. The Labute approximate surface area is 115 Å². The maximum Gasteiger partial charge on any atom is 0.339 e. The minimum absolute atomic E-state index is 0.101. The zero-order valence-electron chi connectivity index (χ0n) is 10.3. The first kappa shape index (κ1) is 14.1. The van der Waals surface area contributed by atoms with E-state index in [0.717, 1.165) is 18.2 Å². The average Bonchev–Trinajstić information content (AvgIpc) is 2.37. The number of amides is 1. The number of rotatable bonds is 3. The van der Waals surface area contributed by atoms with E-state index in [4.69, 9.17) is 5.11 Å². The summed E-state index contributed by atoms with van der Waals surface area (Å²) in [6, 6.07) is 4.29. The number of carboxylic acid groups (broad SMARTS) is 1. The van der Waals surface area contributed by atoms with Crippen LogP contribution in [0, 0.1) is 0 Å². The number of carbonyl (C=O) groups excluding carboxylic acids is 1. The Morgan fingerprint density at radius 3 is 2.38 bits per heavy atom. The van der Waals surface area contributed by atoms with Gasteiger partial charge in [-0.1, -0.05) is 0 Å². The number of hydrogen-bond donors (Lipinski definition) is 5. The van der Waals surface area contributed by atoms with Crippen LogP contribution >= 0.6 is 0 Å². The first-order valence-corrected chi connectivity index (χ1v) is 5.58. The number of nitrogens with one attached hydrogen (secondary N) is 3. The second-order valence-corrected chi connectivity index (χ2v) is 3.99. The van der Waals surface area contributed by atoms with E-state index in [2.05, 4.69) is 10.3 Å². The Hall–Kier alpha value is -3.36. The number of aromatic hydroxyl groups is 1. The summed E-state index contributed by atoms with van der Waals surface area (Å²) in [4.78, 5) is 48.7. The minimum atomic E-state index is -1.32. The molecule has 1 aromatic heterocycles. The first-order chi connectivity index (χ1) is 9.86. The van der Waals surface area contributed by atoms with Gasteiger partial charge in [-0.05, 0) is 12.1 Å². The molecule has 5 N–H and O–H groups in total. The molecule has 9 nitrogen and oxygen atoms in total. The normalized spacial score (nSPS) is 10.1. The van der Waals surface area contributed by atoms with Gasteiger partial charge in [0.1, 0.15) is 17.0 Å². The summed E-state index contributed by atoms with van der Waals surface area (Å²) in [6.07, 6.45) is 0. The summed E-state index contributed by atoms with van der Waals surface area (Å²) >= 11 is 0. The second kappa shape index (κ2) is 5.33. The minimum Gasteiger partial charge on any atom is -0.507 e. The molecular formula is C12H9N3O6. The van der Waals surface area contributed by atoms with Crippen LogP contribution in [0.3, 0.4) is 0 Å². The SMILES string of the molecule is O=C(Nc1ccc(C(=O)O)c(O)c1)c1cc(=O)[nH]c(=O)[nH]1. The third-order valence-corrected chi connectivity index (χ3v) is 2.49. The average molecular weight is 291 g/mol. The van der Waals surface area contributed by atoms with E-state index in [1.165, 1.54) is 6.07 Å². The summed E-state index contributed by atoms with van der Waals surface area (Å²) < 4.78 is 0. The maximum absolute atomic E-state index is 11.8. The molecule has 0 bridgehead atoms. The van der Waals surface area contributed by atoms with Crippen LogP contribution in [0.15, 0.2) is 33.9 Å². The fourth-order valence-corrected chi connectivity index (χ4v) is 1.58. The van der Waals surface area contributed by atoms with Crippen molar-refractivity contribution >= 4 is 17.6 Å². The lowest BCUT2D eigenvalue weighted by molar-refractivity contribution is 0.0693. The highest BCUT2D eigenvalue weighted by atomic mass is 16.4. The zero-order chi connectivity index (χ0) is 15.6. The predicted octanol–water partition coefficient (Wildman–Crippen LogP) is -0.281. The summed E-state index contributed by atoms with van der Waals surface area (Å²) in [7, 11) is 0. The van der Waals surface area contributed by atoms with Gasteiger partial charge in [0.2, 0.25) is 0 Å². The van der Waals surface area contributed by atoms with Crippen molar-refractivity contribution in [2.45, 2.75) is 0 Å². The van der Waals surface area contributed by atoms with Crippen molar-refractivity contribution in [2.24, 2.45) is 0 Å². The first-order valence-electron chi connectivity index (χ1n) is 5.58. The molecule has 0 fully saturated rings. The zero-order valence-corrected chi connectivity index (χ0v) is 10.3. The lowest BCUT2D eigenvalue weighted by atomic mass is 10.2. The molecule has 0 unspecified atom stereocenters. The molecule has 0 aliphatic heterocycles. The van der Waals surface area contributed by atoms with E-state index in [0.29, 0.717) is 0 Å². The highest BCUT2D eigenvalue weighted by Gasteiger charge is 2.12. The van der Waals surface area contributed by atoms with Crippen LogP contribution in [0.4, 0.5) is 5.69 Å². The maximum atomic E-state index is 11.8. The van der Waals surface area contributed by atoms with Crippen molar-refractivity contribution in [1.82, 2.24) is 9.97 Å². The van der Waals surface area contributed by atoms with Crippen molar-refractivity contribution < 1.29 is 19.8 Å². The van der Waals surface area contributed by atoms with Gasteiger partial charge in [-0.3, -0.25) is 14.6 Å². The number of carbonyl (C=O) groups is 2. The Morgan fingerprint density at radius 1 is 1.10 bits per heavy atom. The van der Waals surface area contributed by atoms with Gasteiger partial charge >= 0.3 is 11.7 Å². The molecule has 108 valence electrons. The van der Waals surface area contributed by atoms with Gasteiger partial charge in [0.15, 0.2) is 0 Å². The van der Waals surface area contributed by atoms with Crippen LogP contribution in [0.2, 0.25) is 0 Å². The van der Waals surface area contributed by atoms with Crippen LogP contribution in [0.5, 0.6) is 5.75 Å².